The van der Waals surface area contributed by atoms with E-state index in [-0.39, 0.29) is 24.0 Å². The fourth-order valence-electron chi connectivity index (χ4n) is 6.96. The number of Topliss-reactive ketones (excluding diaryl/α,β-unsaturated/α-hetero) is 1. The first-order valence-electron chi connectivity index (χ1n) is 9.42. The van der Waals surface area contributed by atoms with E-state index < -0.39 is 40.2 Å². The Kier molecular flexibility index (Phi) is 3.35. The van der Waals surface area contributed by atoms with Crippen LogP contribution in [-0.4, -0.2) is 49.6 Å². The molecule has 0 aromatic heterocycles. The van der Waals surface area contributed by atoms with Crippen LogP contribution in [0.1, 0.15) is 52.9 Å². The van der Waals surface area contributed by atoms with Crippen molar-refractivity contribution in [1.29, 1.82) is 0 Å². The molecule has 4 rings (SSSR count). The van der Waals surface area contributed by atoms with Gasteiger partial charge in [0.05, 0.1) is 17.8 Å². The Morgan fingerprint density at radius 1 is 1.08 bits per heavy atom. The zero-order valence-corrected chi connectivity index (χ0v) is 15.3. The highest BCUT2D eigenvalue weighted by Crippen LogP contribution is 2.67. The summed E-state index contributed by atoms with van der Waals surface area (Å²) in [4.78, 5) is 13.3. The van der Waals surface area contributed by atoms with Crippen molar-refractivity contribution in [3.05, 3.63) is 12.2 Å². The first-order chi connectivity index (χ1) is 11.4. The summed E-state index contributed by atoms with van der Waals surface area (Å²) < 4.78 is 0. The molecule has 0 aromatic carbocycles. The molecule has 1 spiro atoms. The molecule has 8 atom stereocenters. The molecule has 4 aliphatic rings. The van der Waals surface area contributed by atoms with Crippen molar-refractivity contribution in [2.75, 3.05) is 0 Å². The third kappa shape index (κ3) is 1.81. The Morgan fingerprint density at radius 2 is 1.72 bits per heavy atom. The summed E-state index contributed by atoms with van der Waals surface area (Å²) in [5.41, 5.74) is -3.62. The van der Waals surface area contributed by atoms with E-state index in [0.717, 1.165) is 12.0 Å². The third-order valence-electron chi connectivity index (χ3n) is 8.50. The highest BCUT2D eigenvalue weighted by Gasteiger charge is 2.72. The second-order valence-electron chi connectivity index (χ2n) is 9.92. The van der Waals surface area contributed by atoms with Gasteiger partial charge in [-0.1, -0.05) is 26.0 Å². The Hall–Kier alpha value is -0.750. The van der Waals surface area contributed by atoms with E-state index in [1.807, 2.05) is 0 Å². The van der Waals surface area contributed by atoms with Gasteiger partial charge in [-0.25, -0.2) is 0 Å². The van der Waals surface area contributed by atoms with Crippen LogP contribution in [0.4, 0.5) is 0 Å². The minimum Gasteiger partial charge on any atom is -0.392 e. The first kappa shape index (κ1) is 17.7. The summed E-state index contributed by atoms with van der Waals surface area (Å²) >= 11 is 0. The molecule has 0 aromatic rings. The minimum absolute atomic E-state index is 0.0354. The fourth-order valence-corrected chi connectivity index (χ4v) is 6.96. The van der Waals surface area contributed by atoms with E-state index in [0.29, 0.717) is 19.3 Å². The van der Waals surface area contributed by atoms with E-state index in [1.165, 1.54) is 0 Å². The van der Waals surface area contributed by atoms with Crippen LogP contribution < -0.4 is 0 Å². The van der Waals surface area contributed by atoms with Crippen molar-refractivity contribution < 1.29 is 25.2 Å². The zero-order valence-electron chi connectivity index (χ0n) is 15.3. The summed E-state index contributed by atoms with van der Waals surface area (Å²) in [5.74, 6) is -1.17. The maximum absolute atomic E-state index is 13.3. The number of ketones is 1. The molecule has 0 saturated heterocycles. The van der Waals surface area contributed by atoms with Gasteiger partial charge in [0.1, 0.15) is 5.60 Å². The molecular weight excluding hydrogens is 320 g/mol. The van der Waals surface area contributed by atoms with Crippen molar-refractivity contribution in [1.82, 2.24) is 0 Å². The van der Waals surface area contributed by atoms with Crippen LogP contribution in [0.15, 0.2) is 12.2 Å². The predicted molar refractivity (Wildman–Crippen MR) is 91.5 cm³/mol. The van der Waals surface area contributed by atoms with Gasteiger partial charge < -0.3 is 20.4 Å². The van der Waals surface area contributed by atoms with Gasteiger partial charge in [-0.05, 0) is 38.5 Å². The Labute approximate surface area is 148 Å². The van der Waals surface area contributed by atoms with Crippen LogP contribution >= 0.6 is 0 Å². The molecular formula is C20H30O5. The van der Waals surface area contributed by atoms with Gasteiger partial charge in [-0.2, -0.15) is 0 Å². The van der Waals surface area contributed by atoms with E-state index in [9.17, 15) is 25.2 Å². The lowest BCUT2D eigenvalue weighted by atomic mass is 9.61. The average Bonchev–Trinajstić information content (AvgIpc) is 2.71. The molecule has 2 bridgehead atoms. The number of aliphatic hydroxyl groups is 4. The number of hydrogen-bond donors (Lipinski definition) is 4. The Balaban J connectivity index is 1.86. The molecule has 0 heterocycles. The normalized spacial score (nSPS) is 57.2. The predicted octanol–water partition coefficient (Wildman–Crippen LogP) is 1.18. The van der Waals surface area contributed by atoms with Crippen LogP contribution in [0.2, 0.25) is 0 Å². The standard InChI is InChI=1S/C20H30O5/c1-10-11-5-6-12-16(23)19(11,9-18(12,4)24)8-15(22)20(25)13(10)7-14(21)17(20,2)3/h11-14,16,21,23-25H,1,5-9H2,2-4H3/t11-,12-,13-,14-,16+,18+,19+,20-/m0/s1. The number of rotatable bonds is 0. The quantitative estimate of drug-likeness (QED) is 0.492. The lowest BCUT2D eigenvalue weighted by molar-refractivity contribution is -0.159. The summed E-state index contributed by atoms with van der Waals surface area (Å²) in [6, 6.07) is 0. The molecule has 5 heteroatoms. The molecule has 0 aliphatic heterocycles. The number of carbonyl (C=O) groups is 1. The van der Waals surface area contributed by atoms with Gasteiger partial charge in [-0.15, -0.1) is 0 Å². The molecule has 4 fully saturated rings. The minimum atomic E-state index is -1.67. The van der Waals surface area contributed by atoms with E-state index in [2.05, 4.69) is 6.58 Å². The monoisotopic (exact) mass is 350 g/mol. The molecule has 25 heavy (non-hydrogen) atoms. The molecule has 140 valence electrons. The number of aliphatic hydroxyl groups excluding tert-OH is 2. The van der Waals surface area contributed by atoms with Gasteiger partial charge in [0.15, 0.2) is 5.78 Å². The maximum atomic E-state index is 13.3. The van der Waals surface area contributed by atoms with Crippen LogP contribution in [0.25, 0.3) is 0 Å². The maximum Gasteiger partial charge on any atom is 0.166 e. The molecule has 4 saturated carbocycles. The summed E-state index contributed by atoms with van der Waals surface area (Å²) in [7, 11) is 0. The third-order valence-corrected chi connectivity index (χ3v) is 8.50. The van der Waals surface area contributed by atoms with Crippen LogP contribution in [0.5, 0.6) is 0 Å². The van der Waals surface area contributed by atoms with Crippen molar-refractivity contribution in [2.24, 2.45) is 28.6 Å². The van der Waals surface area contributed by atoms with Crippen LogP contribution in [0, 0.1) is 28.6 Å². The highest BCUT2D eigenvalue weighted by molar-refractivity contribution is 5.91. The van der Waals surface area contributed by atoms with Crippen LogP contribution in [-0.2, 0) is 4.79 Å². The largest absolute Gasteiger partial charge is 0.392 e. The summed E-state index contributed by atoms with van der Waals surface area (Å²) in [6.45, 7) is 9.48. The lowest BCUT2D eigenvalue weighted by Crippen LogP contribution is -2.54. The zero-order chi connectivity index (χ0) is 18.6. The molecule has 0 unspecified atom stereocenters. The molecule has 4 N–H and O–H groups in total. The van der Waals surface area contributed by atoms with Crippen molar-refractivity contribution >= 4 is 5.78 Å². The molecule has 0 radical (unpaired) electrons. The second kappa shape index (κ2) is 4.75. The Bertz CT molecular complexity index is 652. The van der Waals surface area contributed by atoms with Gasteiger partial charge >= 0.3 is 0 Å². The van der Waals surface area contributed by atoms with Crippen LogP contribution in [0.3, 0.4) is 0 Å². The first-order valence-corrected chi connectivity index (χ1v) is 9.42. The smallest absolute Gasteiger partial charge is 0.166 e. The summed E-state index contributed by atoms with van der Waals surface area (Å²) in [6.07, 6.45) is 0.609. The second-order valence-corrected chi connectivity index (χ2v) is 9.92. The molecule has 5 nitrogen and oxygen atoms in total. The van der Waals surface area contributed by atoms with Gasteiger partial charge in [0, 0.05) is 29.1 Å². The topological polar surface area (TPSA) is 98.0 Å². The lowest BCUT2D eigenvalue weighted by Gasteiger charge is -2.44. The molecule has 0 amide bonds. The van der Waals surface area contributed by atoms with E-state index in [4.69, 9.17) is 0 Å². The number of carbonyl (C=O) groups excluding carboxylic acids is 1. The van der Waals surface area contributed by atoms with Crippen molar-refractivity contribution in [3.63, 3.8) is 0 Å². The number of fused-ring (bicyclic) bond motifs is 2. The Morgan fingerprint density at radius 3 is 2.36 bits per heavy atom. The van der Waals surface area contributed by atoms with Gasteiger partial charge in [0.25, 0.3) is 0 Å². The number of hydrogen-bond acceptors (Lipinski definition) is 5. The summed E-state index contributed by atoms with van der Waals surface area (Å²) in [5, 5.41) is 43.9. The highest BCUT2D eigenvalue weighted by atomic mass is 16.3. The SMILES string of the molecule is C=C1[C@@H]2CC[C@H]3[C@@H](O)[C@]2(CC(=O)[C@@]2(O)[C@H]1C[C@H](O)C2(C)C)C[C@@]3(C)O. The van der Waals surface area contributed by atoms with Gasteiger partial charge in [0.2, 0.25) is 0 Å². The van der Waals surface area contributed by atoms with Gasteiger partial charge in [-0.3, -0.25) is 4.79 Å². The van der Waals surface area contributed by atoms with E-state index in [1.54, 1.807) is 20.8 Å². The van der Waals surface area contributed by atoms with Crippen molar-refractivity contribution in [2.45, 2.75) is 76.3 Å². The van der Waals surface area contributed by atoms with Crippen molar-refractivity contribution in [3.8, 4) is 0 Å². The molecule has 4 aliphatic carbocycles. The average molecular weight is 350 g/mol. The fraction of sp³-hybridized carbons (Fsp3) is 0.850. The van der Waals surface area contributed by atoms with E-state index >= 15 is 0 Å².